The topological polar surface area (TPSA) is 92.3 Å². The van der Waals surface area contributed by atoms with Gasteiger partial charge in [0.25, 0.3) is 5.91 Å². The Hall–Kier alpha value is -2.98. The summed E-state index contributed by atoms with van der Waals surface area (Å²) in [5, 5.41) is 12.6. The van der Waals surface area contributed by atoms with E-state index >= 15 is 0 Å². The van der Waals surface area contributed by atoms with E-state index in [1.165, 1.54) is 27.8 Å². The second-order valence-electron chi connectivity index (χ2n) is 7.25. The lowest BCUT2D eigenvalue weighted by molar-refractivity contribution is 0.102. The maximum absolute atomic E-state index is 12.7. The summed E-state index contributed by atoms with van der Waals surface area (Å²) in [5.74, 6) is -0.387. The third-order valence-electron chi connectivity index (χ3n) is 4.85. The van der Waals surface area contributed by atoms with Crippen LogP contribution in [0, 0.1) is 0 Å². The number of anilines is 2. The van der Waals surface area contributed by atoms with Gasteiger partial charge >= 0.3 is 0 Å². The third-order valence-corrected chi connectivity index (χ3v) is 7.58. The molecule has 11 heteroatoms. The molecule has 0 spiro atoms. The summed E-state index contributed by atoms with van der Waals surface area (Å²) < 4.78 is 26.1. The number of nitrogens with one attached hydrogen (secondary N) is 1. The number of rotatable bonds is 7. The van der Waals surface area contributed by atoms with Crippen LogP contribution in [0.4, 0.5) is 10.8 Å². The highest BCUT2D eigenvalue weighted by Gasteiger charge is 2.21. The number of aromatic nitrogens is 2. The smallest absolute Gasteiger partial charge is 0.257 e. The van der Waals surface area contributed by atoms with E-state index in [1.54, 1.807) is 30.3 Å². The van der Waals surface area contributed by atoms with Gasteiger partial charge in [0.15, 0.2) is 0 Å². The van der Waals surface area contributed by atoms with E-state index in [1.807, 2.05) is 30.3 Å². The SMILES string of the molecule is CS(=O)(=O)N(Cc1c(Cl)cccc1Cl)c1ccc(C(=O)Nc2nnc(-c3ccccc3)s2)cc1. The Labute approximate surface area is 211 Å². The van der Waals surface area contributed by atoms with Crippen LogP contribution in [-0.2, 0) is 16.6 Å². The Balaban J connectivity index is 1.52. The van der Waals surface area contributed by atoms with E-state index in [2.05, 4.69) is 15.5 Å². The first kappa shape index (κ1) is 24.2. The van der Waals surface area contributed by atoms with Crippen LogP contribution >= 0.6 is 34.5 Å². The molecule has 1 amide bonds. The second-order valence-corrected chi connectivity index (χ2v) is 10.9. The average Bonchev–Trinajstić information content (AvgIpc) is 3.27. The van der Waals surface area contributed by atoms with Crippen LogP contribution in [0.2, 0.25) is 10.0 Å². The van der Waals surface area contributed by atoms with Gasteiger partial charge in [0.05, 0.1) is 18.5 Å². The molecule has 0 unspecified atom stereocenters. The lowest BCUT2D eigenvalue weighted by Crippen LogP contribution is -2.29. The minimum atomic E-state index is -3.66. The Morgan fingerprint density at radius 2 is 1.59 bits per heavy atom. The number of hydrogen-bond acceptors (Lipinski definition) is 6. The summed E-state index contributed by atoms with van der Waals surface area (Å²) >= 11 is 13.7. The molecule has 0 bridgehead atoms. The van der Waals surface area contributed by atoms with Crippen LogP contribution in [0.15, 0.2) is 72.8 Å². The highest BCUT2D eigenvalue weighted by molar-refractivity contribution is 7.92. The molecule has 0 atom stereocenters. The van der Waals surface area contributed by atoms with Crippen molar-refractivity contribution in [3.63, 3.8) is 0 Å². The monoisotopic (exact) mass is 532 g/mol. The van der Waals surface area contributed by atoms with Gasteiger partial charge in [-0.3, -0.25) is 14.4 Å². The molecule has 0 radical (unpaired) electrons. The number of hydrogen-bond donors (Lipinski definition) is 1. The summed E-state index contributed by atoms with van der Waals surface area (Å²) in [4.78, 5) is 12.7. The van der Waals surface area contributed by atoms with E-state index in [9.17, 15) is 13.2 Å². The zero-order chi connectivity index (χ0) is 24.3. The number of benzene rings is 3. The number of carbonyl (C=O) groups excluding carboxylic acids is 1. The molecule has 1 heterocycles. The number of amides is 1. The van der Waals surface area contributed by atoms with Gasteiger partial charge in [-0.2, -0.15) is 0 Å². The minimum absolute atomic E-state index is 0.0457. The van der Waals surface area contributed by atoms with Crippen LogP contribution in [0.5, 0.6) is 0 Å². The van der Waals surface area contributed by atoms with Crippen molar-refractivity contribution < 1.29 is 13.2 Å². The van der Waals surface area contributed by atoms with Crippen molar-refractivity contribution in [3.05, 3.63) is 94.0 Å². The predicted molar refractivity (Wildman–Crippen MR) is 137 cm³/mol. The third kappa shape index (κ3) is 5.56. The first-order valence-electron chi connectivity index (χ1n) is 9.93. The van der Waals surface area contributed by atoms with Gasteiger partial charge in [-0.1, -0.05) is 70.9 Å². The largest absolute Gasteiger partial charge is 0.296 e. The van der Waals surface area contributed by atoms with Crippen molar-refractivity contribution >= 4 is 61.3 Å². The maximum atomic E-state index is 12.7. The number of sulfonamides is 1. The highest BCUT2D eigenvalue weighted by atomic mass is 35.5. The molecule has 34 heavy (non-hydrogen) atoms. The minimum Gasteiger partial charge on any atom is -0.296 e. The zero-order valence-corrected chi connectivity index (χ0v) is 20.9. The average molecular weight is 533 g/mol. The fraction of sp³-hybridized carbons (Fsp3) is 0.0870. The molecule has 1 N–H and O–H groups in total. The lowest BCUT2D eigenvalue weighted by Gasteiger charge is -2.23. The van der Waals surface area contributed by atoms with Gasteiger partial charge in [0.1, 0.15) is 5.01 Å². The molecule has 7 nitrogen and oxygen atoms in total. The van der Waals surface area contributed by atoms with E-state index in [-0.39, 0.29) is 12.5 Å². The first-order chi connectivity index (χ1) is 16.2. The van der Waals surface area contributed by atoms with Crippen LogP contribution in [0.3, 0.4) is 0 Å². The van der Waals surface area contributed by atoms with E-state index in [4.69, 9.17) is 23.2 Å². The van der Waals surface area contributed by atoms with Gasteiger partial charge in [0.2, 0.25) is 15.2 Å². The molecule has 0 aliphatic heterocycles. The number of carbonyl (C=O) groups is 1. The quantitative estimate of drug-likeness (QED) is 0.328. The van der Waals surface area contributed by atoms with Crippen LogP contribution in [-0.4, -0.2) is 30.8 Å². The fourth-order valence-corrected chi connectivity index (χ4v) is 5.28. The predicted octanol–water partition coefficient (Wildman–Crippen LogP) is 5.73. The molecular weight excluding hydrogens is 515 g/mol. The molecule has 0 aliphatic rings. The van der Waals surface area contributed by atoms with Crippen LogP contribution < -0.4 is 9.62 Å². The summed E-state index contributed by atoms with van der Waals surface area (Å²) in [7, 11) is -3.66. The molecule has 0 saturated carbocycles. The first-order valence-corrected chi connectivity index (χ1v) is 13.4. The van der Waals surface area contributed by atoms with E-state index in [0.29, 0.717) is 37.0 Å². The van der Waals surface area contributed by atoms with Crippen molar-refractivity contribution in [2.45, 2.75) is 6.54 Å². The number of nitrogens with zero attached hydrogens (tertiary/aromatic N) is 3. The summed E-state index contributed by atoms with van der Waals surface area (Å²) in [6.07, 6.45) is 1.10. The Kier molecular flexibility index (Phi) is 7.18. The van der Waals surface area contributed by atoms with Crippen molar-refractivity contribution in [2.24, 2.45) is 0 Å². The van der Waals surface area contributed by atoms with Gasteiger partial charge < -0.3 is 0 Å². The fourth-order valence-electron chi connectivity index (χ4n) is 3.15. The molecule has 0 aliphatic carbocycles. The van der Waals surface area contributed by atoms with Gasteiger partial charge in [-0.15, -0.1) is 10.2 Å². The molecule has 4 aromatic rings. The molecule has 1 aromatic heterocycles. The highest BCUT2D eigenvalue weighted by Crippen LogP contribution is 2.30. The molecular formula is C23H18Cl2N4O3S2. The zero-order valence-electron chi connectivity index (χ0n) is 17.8. The Morgan fingerprint density at radius 1 is 0.941 bits per heavy atom. The van der Waals surface area contributed by atoms with Crippen molar-refractivity contribution in [1.82, 2.24) is 10.2 Å². The Bertz CT molecular complexity index is 1410. The molecule has 174 valence electrons. The standard InChI is InChI=1S/C23H18Cl2N4O3S2/c1-34(31,32)29(14-18-19(24)8-5-9-20(18)25)17-12-10-15(11-13-17)21(30)26-23-28-27-22(33-23)16-6-3-2-4-7-16/h2-13H,14H2,1H3,(H,26,28,30). The van der Waals surface area contributed by atoms with Gasteiger partial charge in [0, 0.05) is 26.7 Å². The lowest BCUT2D eigenvalue weighted by atomic mass is 10.1. The molecule has 0 saturated heterocycles. The van der Waals surface area contributed by atoms with Gasteiger partial charge in [-0.05, 0) is 36.4 Å². The number of halogens is 2. The molecule has 0 fully saturated rings. The van der Waals surface area contributed by atoms with Crippen LogP contribution in [0.1, 0.15) is 15.9 Å². The van der Waals surface area contributed by atoms with E-state index in [0.717, 1.165) is 11.8 Å². The Morgan fingerprint density at radius 3 is 2.21 bits per heavy atom. The maximum Gasteiger partial charge on any atom is 0.257 e. The van der Waals surface area contributed by atoms with Crippen molar-refractivity contribution in [2.75, 3.05) is 15.9 Å². The normalized spacial score (nSPS) is 11.3. The molecule has 4 rings (SSSR count). The van der Waals surface area contributed by atoms with Crippen LogP contribution in [0.25, 0.3) is 10.6 Å². The van der Waals surface area contributed by atoms with E-state index < -0.39 is 10.0 Å². The summed E-state index contributed by atoms with van der Waals surface area (Å²) in [6.45, 7) is -0.0457. The summed E-state index contributed by atoms with van der Waals surface area (Å²) in [5.41, 5.74) is 2.11. The van der Waals surface area contributed by atoms with Crippen molar-refractivity contribution in [1.29, 1.82) is 0 Å². The van der Waals surface area contributed by atoms with Crippen molar-refractivity contribution in [3.8, 4) is 10.6 Å². The summed E-state index contributed by atoms with van der Waals surface area (Å²) in [6, 6.07) is 20.7. The second kappa shape index (κ2) is 10.1. The van der Waals surface area contributed by atoms with Gasteiger partial charge in [-0.25, -0.2) is 8.42 Å². The molecule has 3 aromatic carbocycles.